The molecule has 230 valence electrons. The lowest BCUT2D eigenvalue weighted by molar-refractivity contribution is -0.139. The van der Waals surface area contributed by atoms with Crippen molar-refractivity contribution in [1.82, 2.24) is 10.2 Å². The number of hydrogen-bond donors (Lipinski definition) is 1. The number of halogens is 4. The molecule has 3 aromatic carbocycles. The average molecular weight is 686 g/mol. The van der Waals surface area contributed by atoms with Crippen LogP contribution in [0.5, 0.6) is 0 Å². The van der Waals surface area contributed by atoms with Gasteiger partial charge in [-0.2, -0.15) is 0 Å². The summed E-state index contributed by atoms with van der Waals surface area (Å²) in [6, 6.07) is 14.6. The van der Waals surface area contributed by atoms with Crippen LogP contribution in [0.25, 0.3) is 0 Å². The summed E-state index contributed by atoms with van der Waals surface area (Å²) in [6.45, 7) is 2.68. The molecule has 0 bridgehead atoms. The monoisotopic (exact) mass is 683 g/mol. The molecule has 2 amide bonds. The fraction of sp³-hybridized carbons (Fsp3) is 0.355. The van der Waals surface area contributed by atoms with Crippen molar-refractivity contribution in [2.45, 2.75) is 69.5 Å². The van der Waals surface area contributed by atoms with E-state index in [1.165, 1.54) is 35.2 Å². The summed E-state index contributed by atoms with van der Waals surface area (Å²) >= 11 is 25.4. The molecular formula is C31H33Cl4N3O4S. The van der Waals surface area contributed by atoms with Crippen LogP contribution in [0.3, 0.4) is 0 Å². The first-order valence-corrected chi connectivity index (χ1v) is 16.9. The number of carbonyl (C=O) groups excluding carboxylic acids is 2. The molecule has 12 heteroatoms. The maximum absolute atomic E-state index is 14.2. The van der Waals surface area contributed by atoms with E-state index in [2.05, 4.69) is 5.32 Å². The highest BCUT2D eigenvalue weighted by molar-refractivity contribution is 7.92. The second-order valence-electron chi connectivity index (χ2n) is 10.7. The van der Waals surface area contributed by atoms with Gasteiger partial charge >= 0.3 is 0 Å². The number of aryl methyl sites for hydroxylation is 1. The lowest BCUT2D eigenvalue weighted by Gasteiger charge is -2.33. The van der Waals surface area contributed by atoms with Gasteiger partial charge in [0.05, 0.1) is 10.6 Å². The van der Waals surface area contributed by atoms with Crippen LogP contribution in [-0.2, 0) is 26.2 Å². The van der Waals surface area contributed by atoms with E-state index in [0.717, 1.165) is 42.0 Å². The zero-order chi connectivity index (χ0) is 31.3. The third kappa shape index (κ3) is 8.37. The molecule has 1 atom stereocenters. The van der Waals surface area contributed by atoms with Gasteiger partial charge in [0.1, 0.15) is 12.6 Å². The molecule has 1 aliphatic carbocycles. The fourth-order valence-corrected chi connectivity index (χ4v) is 7.48. The lowest BCUT2D eigenvalue weighted by Crippen LogP contribution is -2.53. The summed E-state index contributed by atoms with van der Waals surface area (Å²) in [5.41, 5.74) is 1.41. The van der Waals surface area contributed by atoms with Crippen LogP contribution < -0.4 is 9.62 Å². The molecular weight excluding hydrogens is 652 g/mol. The van der Waals surface area contributed by atoms with Crippen LogP contribution in [-0.4, -0.2) is 43.8 Å². The quantitative estimate of drug-likeness (QED) is 0.238. The second-order valence-corrected chi connectivity index (χ2v) is 14.2. The maximum atomic E-state index is 14.2. The van der Waals surface area contributed by atoms with Gasteiger partial charge < -0.3 is 10.2 Å². The Hall–Kier alpha value is -2.49. The zero-order valence-electron chi connectivity index (χ0n) is 23.8. The number of amides is 2. The van der Waals surface area contributed by atoms with Gasteiger partial charge in [0.15, 0.2) is 0 Å². The third-order valence-corrected chi connectivity index (χ3v) is 10.5. The van der Waals surface area contributed by atoms with Crippen LogP contribution in [0.15, 0.2) is 65.6 Å². The number of hydrogen-bond acceptors (Lipinski definition) is 4. The van der Waals surface area contributed by atoms with Gasteiger partial charge in [-0.1, -0.05) is 89.4 Å². The summed E-state index contributed by atoms with van der Waals surface area (Å²) in [4.78, 5) is 28.9. The molecule has 0 aliphatic heterocycles. The first-order chi connectivity index (χ1) is 20.4. The molecule has 0 heterocycles. The van der Waals surface area contributed by atoms with Crippen molar-refractivity contribution in [2.75, 3.05) is 10.8 Å². The second kappa shape index (κ2) is 14.5. The Morgan fingerprint density at radius 1 is 0.907 bits per heavy atom. The molecule has 7 nitrogen and oxygen atoms in total. The Kier molecular flexibility index (Phi) is 11.3. The van der Waals surface area contributed by atoms with Crippen molar-refractivity contribution in [3.8, 4) is 0 Å². The van der Waals surface area contributed by atoms with Crippen molar-refractivity contribution < 1.29 is 18.0 Å². The number of benzene rings is 3. The molecule has 0 spiro atoms. The molecule has 1 fully saturated rings. The maximum Gasteiger partial charge on any atom is 0.264 e. The van der Waals surface area contributed by atoms with Crippen molar-refractivity contribution in [3.63, 3.8) is 0 Å². The minimum absolute atomic E-state index is 0.0107. The molecule has 0 radical (unpaired) electrons. The molecule has 3 aromatic rings. The van der Waals surface area contributed by atoms with Gasteiger partial charge in [-0.05, 0) is 69.2 Å². The Labute approximate surface area is 273 Å². The number of anilines is 1. The number of nitrogens with one attached hydrogen (secondary N) is 1. The van der Waals surface area contributed by atoms with Gasteiger partial charge in [0.25, 0.3) is 10.0 Å². The molecule has 0 aromatic heterocycles. The Morgan fingerprint density at radius 3 is 2.07 bits per heavy atom. The molecule has 0 unspecified atom stereocenters. The van der Waals surface area contributed by atoms with E-state index in [1.807, 2.05) is 6.92 Å². The van der Waals surface area contributed by atoms with Crippen molar-refractivity contribution in [1.29, 1.82) is 0 Å². The highest BCUT2D eigenvalue weighted by Gasteiger charge is 2.34. The van der Waals surface area contributed by atoms with Gasteiger partial charge in [-0.3, -0.25) is 13.9 Å². The minimum atomic E-state index is -4.27. The highest BCUT2D eigenvalue weighted by atomic mass is 35.5. The summed E-state index contributed by atoms with van der Waals surface area (Å²) in [5, 5.41) is 4.08. The molecule has 1 aliphatic rings. The largest absolute Gasteiger partial charge is 0.352 e. The predicted octanol–water partition coefficient (Wildman–Crippen LogP) is 7.67. The normalized spacial score (nSPS) is 14.7. The molecule has 1 saturated carbocycles. The molecule has 4 rings (SSSR count). The SMILES string of the molecule is Cc1ccc(S(=O)(=O)N(CC(=O)N(Cc2c(Cl)cccc2Cl)[C@@H](C)C(=O)NC2CCCCC2)c2cc(Cl)cc(Cl)c2)cc1. The van der Waals surface area contributed by atoms with E-state index in [0.29, 0.717) is 15.6 Å². The first kappa shape index (κ1) is 33.4. The standard InChI is InChI=1S/C31H33Cl4N3O4S/c1-20-11-13-26(14-12-20)43(41,42)38(25-16-22(32)15-23(33)17-25)19-30(39)37(18-27-28(34)9-6-10-29(27)35)21(2)31(40)36-24-7-4-3-5-8-24/h6,9-17,21,24H,3-5,7-8,18-19H2,1-2H3,(H,36,40)/t21-/m0/s1. The number of nitrogens with zero attached hydrogens (tertiary/aromatic N) is 2. The number of carbonyl (C=O) groups is 2. The Bertz CT molecular complexity index is 1540. The first-order valence-electron chi connectivity index (χ1n) is 13.9. The summed E-state index contributed by atoms with van der Waals surface area (Å²) in [5.74, 6) is -0.990. The van der Waals surface area contributed by atoms with E-state index in [1.54, 1.807) is 37.3 Å². The predicted molar refractivity (Wildman–Crippen MR) is 174 cm³/mol. The smallest absolute Gasteiger partial charge is 0.264 e. The third-order valence-electron chi connectivity index (χ3n) is 7.53. The topological polar surface area (TPSA) is 86.8 Å². The van der Waals surface area contributed by atoms with Crippen molar-refractivity contribution in [2.24, 2.45) is 0 Å². The average Bonchev–Trinajstić information content (AvgIpc) is 2.95. The van der Waals surface area contributed by atoms with Gasteiger partial charge in [-0.25, -0.2) is 8.42 Å². The van der Waals surface area contributed by atoms with E-state index < -0.39 is 28.5 Å². The van der Waals surface area contributed by atoms with Crippen LogP contribution in [0.2, 0.25) is 20.1 Å². The number of sulfonamides is 1. The van der Waals surface area contributed by atoms with Crippen LogP contribution >= 0.6 is 46.4 Å². The summed E-state index contributed by atoms with van der Waals surface area (Å²) < 4.78 is 29.0. The van der Waals surface area contributed by atoms with E-state index >= 15 is 0 Å². The van der Waals surface area contributed by atoms with E-state index in [9.17, 15) is 18.0 Å². The lowest BCUT2D eigenvalue weighted by atomic mass is 9.95. The Balaban J connectivity index is 1.73. The van der Waals surface area contributed by atoms with Gasteiger partial charge in [0, 0.05) is 38.2 Å². The van der Waals surface area contributed by atoms with Crippen LogP contribution in [0.4, 0.5) is 5.69 Å². The number of rotatable bonds is 10. The van der Waals surface area contributed by atoms with E-state index in [4.69, 9.17) is 46.4 Å². The van der Waals surface area contributed by atoms with Crippen molar-refractivity contribution >= 4 is 73.9 Å². The fourth-order valence-electron chi connectivity index (χ4n) is 5.05. The van der Waals surface area contributed by atoms with Gasteiger partial charge in [-0.15, -0.1) is 0 Å². The summed E-state index contributed by atoms with van der Waals surface area (Å²) in [7, 11) is -4.27. The molecule has 43 heavy (non-hydrogen) atoms. The highest BCUT2D eigenvalue weighted by Crippen LogP contribution is 2.31. The zero-order valence-corrected chi connectivity index (χ0v) is 27.7. The van der Waals surface area contributed by atoms with Crippen LogP contribution in [0, 0.1) is 6.92 Å². The summed E-state index contributed by atoms with van der Waals surface area (Å²) in [6.07, 6.45) is 4.88. The van der Waals surface area contributed by atoms with Crippen LogP contribution in [0.1, 0.15) is 50.2 Å². The minimum Gasteiger partial charge on any atom is -0.352 e. The molecule has 1 N–H and O–H groups in total. The van der Waals surface area contributed by atoms with E-state index in [-0.39, 0.29) is 39.1 Å². The van der Waals surface area contributed by atoms with Gasteiger partial charge in [0.2, 0.25) is 11.8 Å². The Morgan fingerprint density at radius 2 is 1.49 bits per heavy atom. The van der Waals surface area contributed by atoms with Crippen molar-refractivity contribution in [3.05, 3.63) is 91.9 Å². The molecule has 0 saturated heterocycles.